The van der Waals surface area contributed by atoms with E-state index in [-0.39, 0.29) is 11.9 Å². The van der Waals surface area contributed by atoms with Gasteiger partial charge in [0.1, 0.15) is 5.82 Å². The Hall–Kier alpha value is -1.87. The van der Waals surface area contributed by atoms with Crippen LogP contribution in [0.15, 0.2) is 42.5 Å². The number of rotatable bonds is 4. The number of benzene rings is 2. The predicted octanol–water partition coefficient (Wildman–Crippen LogP) is 4.31. The summed E-state index contributed by atoms with van der Waals surface area (Å²) in [5.74, 6) is -0.248. The molecule has 0 saturated heterocycles. The van der Waals surface area contributed by atoms with E-state index in [9.17, 15) is 4.39 Å². The van der Waals surface area contributed by atoms with Gasteiger partial charge in [-0.05, 0) is 56.2 Å². The summed E-state index contributed by atoms with van der Waals surface area (Å²) >= 11 is 0. The largest absolute Gasteiger partial charge is 0.341 e. The molecule has 2 rings (SSSR count). The van der Waals surface area contributed by atoms with E-state index in [1.165, 1.54) is 17.7 Å². The predicted molar refractivity (Wildman–Crippen MR) is 82.9 cm³/mol. The molecule has 0 bridgehead atoms. The smallest absolute Gasteiger partial charge is 0.123 e. The van der Waals surface area contributed by atoms with Crippen molar-refractivity contribution < 1.29 is 4.39 Å². The standard InChI is InChI=1S/C17H21FN2/c1-4-20(16-8-6-5-7-12(16)2)17-10-9-14(18)11-15(17)13(3)19/h5-11,13H,4,19H2,1-3H3/t13-/m0/s1. The molecule has 0 radical (unpaired) electrons. The quantitative estimate of drug-likeness (QED) is 0.898. The normalized spacial score (nSPS) is 12.2. The van der Waals surface area contributed by atoms with Crippen molar-refractivity contribution >= 4 is 11.4 Å². The van der Waals surface area contributed by atoms with Gasteiger partial charge in [-0.2, -0.15) is 0 Å². The van der Waals surface area contributed by atoms with Crippen LogP contribution in [0, 0.1) is 12.7 Å². The Kier molecular flexibility index (Phi) is 4.40. The number of halogens is 1. The number of nitrogens with zero attached hydrogens (tertiary/aromatic N) is 1. The molecule has 106 valence electrons. The van der Waals surface area contributed by atoms with Gasteiger partial charge in [0, 0.05) is 24.0 Å². The lowest BCUT2D eigenvalue weighted by Crippen LogP contribution is -2.21. The van der Waals surface area contributed by atoms with Crippen molar-refractivity contribution in [3.63, 3.8) is 0 Å². The third-order valence-electron chi connectivity index (χ3n) is 3.49. The van der Waals surface area contributed by atoms with Crippen LogP contribution in [0.1, 0.15) is 31.0 Å². The highest BCUT2D eigenvalue weighted by molar-refractivity contribution is 5.69. The summed E-state index contributed by atoms with van der Waals surface area (Å²) in [6.07, 6.45) is 0. The fourth-order valence-electron chi connectivity index (χ4n) is 2.47. The molecule has 0 spiro atoms. The Balaban J connectivity index is 2.55. The number of hydrogen-bond acceptors (Lipinski definition) is 2. The molecule has 20 heavy (non-hydrogen) atoms. The van der Waals surface area contributed by atoms with Crippen molar-refractivity contribution in [2.75, 3.05) is 11.4 Å². The zero-order valence-corrected chi connectivity index (χ0v) is 12.2. The summed E-state index contributed by atoms with van der Waals surface area (Å²) in [6.45, 7) is 6.84. The topological polar surface area (TPSA) is 29.3 Å². The Bertz CT molecular complexity index is 593. The van der Waals surface area contributed by atoms with Crippen molar-refractivity contribution in [1.29, 1.82) is 0 Å². The zero-order chi connectivity index (χ0) is 14.7. The Morgan fingerprint density at radius 1 is 1.15 bits per heavy atom. The van der Waals surface area contributed by atoms with Crippen molar-refractivity contribution in [1.82, 2.24) is 0 Å². The van der Waals surface area contributed by atoms with E-state index in [1.807, 2.05) is 25.1 Å². The van der Waals surface area contributed by atoms with Crippen LogP contribution >= 0.6 is 0 Å². The Morgan fingerprint density at radius 3 is 2.45 bits per heavy atom. The summed E-state index contributed by atoms with van der Waals surface area (Å²) in [7, 11) is 0. The summed E-state index contributed by atoms with van der Waals surface area (Å²) in [5, 5.41) is 0. The Labute approximate surface area is 120 Å². The third-order valence-corrected chi connectivity index (χ3v) is 3.49. The molecule has 0 aromatic heterocycles. The Morgan fingerprint density at radius 2 is 1.85 bits per heavy atom. The fraction of sp³-hybridized carbons (Fsp3) is 0.294. The van der Waals surface area contributed by atoms with Gasteiger partial charge in [0.25, 0.3) is 0 Å². The lowest BCUT2D eigenvalue weighted by atomic mass is 10.0. The molecule has 2 N–H and O–H groups in total. The average Bonchev–Trinajstić information content (AvgIpc) is 2.42. The highest BCUT2D eigenvalue weighted by atomic mass is 19.1. The van der Waals surface area contributed by atoms with Crippen LogP contribution in [0.3, 0.4) is 0 Å². The molecular formula is C17H21FN2. The molecule has 2 aromatic carbocycles. The SMILES string of the molecule is CCN(c1ccccc1C)c1ccc(F)cc1[C@H](C)N. The minimum atomic E-state index is -0.248. The maximum Gasteiger partial charge on any atom is 0.123 e. The highest BCUT2D eigenvalue weighted by Crippen LogP contribution is 2.33. The van der Waals surface area contributed by atoms with Crippen LogP contribution in [0.4, 0.5) is 15.8 Å². The molecule has 0 aliphatic carbocycles. The maximum atomic E-state index is 13.5. The average molecular weight is 272 g/mol. The number of aryl methyl sites for hydroxylation is 1. The van der Waals surface area contributed by atoms with Crippen LogP contribution in [0.2, 0.25) is 0 Å². The van der Waals surface area contributed by atoms with Gasteiger partial charge in [0.05, 0.1) is 0 Å². The van der Waals surface area contributed by atoms with Gasteiger partial charge in [0.15, 0.2) is 0 Å². The molecule has 2 nitrogen and oxygen atoms in total. The van der Waals surface area contributed by atoms with Gasteiger partial charge < -0.3 is 10.6 Å². The van der Waals surface area contributed by atoms with Crippen LogP contribution in [0.25, 0.3) is 0 Å². The van der Waals surface area contributed by atoms with Gasteiger partial charge in [-0.3, -0.25) is 0 Å². The highest BCUT2D eigenvalue weighted by Gasteiger charge is 2.16. The van der Waals surface area contributed by atoms with E-state index in [2.05, 4.69) is 30.9 Å². The van der Waals surface area contributed by atoms with Gasteiger partial charge in [-0.1, -0.05) is 18.2 Å². The van der Waals surface area contributed by atoms with E-state index in [0.29, 0.717) is 0 Å². The van der Waals surface area contributed by atoms with Crippen LogP contribution in [-0.4, -0.2) is 6.54 Å². The minimum absolute atomic E-state index is 0.209. The minimum Gasteiger partial charge on any atom is -0.341 e. The first-order valence-electron chi connectivity index (χ1n) is 6.92. The number of anilines is 2. The van der Waals surface area contributed by atoms with E-state index in [1.54, 1.807) is 0 Å². The van der Waals surface area contributed by atoms with Gasteiger partial charge in [-0.25, -0.2) is 4.39 Å². The summed E-state index contributed by atoms with van der Waals surface area (Å²) in [6, 6.07) is 12.8. The zero-order valence-electron chi connectivity index (χ0n) is 12.2. The molecule has 0 heterocycles. The third kappa shape index (κ3) is 2.83. The van der Waals surface area contributed by atoms with Crippen LogP contribution in [-0.2, 0) is 0 Å². The molecule has 3 heteroatoms. The van der Waals surface area contributed by atoms with Crippen molar-refractivity contribution in [3.8, 4) is 0 Å². The van der Waals surface area contributed by atoms with Crippen LogP contribution < -0.4 is 10.6 Å². The fourth-order valence-corrected chi connectivity index (χ4v) is 2.47. The maximum absolute atomic E-state index is 13.5. The van der Waals surface area contributed by atoms with Crippen molar-refractivity contribution in [2.45, 2.75) is 26.8 Å². The second-order valence-electron chi connectivity index (χ2n) is 5.02. The summed E-state index contributed by atoms with van der Waals surface area (Å²) in [4.78, 5) is 2.17. The van der Waals surface area contributed by atoms with Crippen LogP contribution in [0.5, 0.6) is 0 Å². The van der Waals surface area contributed by atoms with E-state index in [0.717, 1.165) is 23.5 Å². The number of para-hydroxylation sites is 1. The number of hydrogen-bond donors (Lipinski definition) is 1. The van der Waals surface area contributed by atoms with Gasteiger partial charge >= 0.3 is 0 Å². The molecule has 0 unspecified atom stereocenters. The monoisotopic (exact) mass is 272 g/mol. The molecule has 0 fully saturated rings. The first kappa shape index (κ1) is 14.5. The number of nitrogens with two attached hydrogens (primary N) is 1. The second kappa shape index (κ2) is 6.06. The van der Waals surface area contributed by atoms with Gasteiger partial charge in [0.2, 0.25) is 0 Å². The molecule has 0 amide bonds. The molecular weight excluding hydrogens is 251 g/mol. The molecule has 0 saturated carbocycles. The molecule has 0 aliphatic rings. The molecule has 0 aliphatic heterocycles. The second-order valence-corrected chi connectivity index (χ2v) is 5.02. The van der Waals surface area contributed by atoms with Crippen molar-refractivity contribution in [2.24, 2.45) is 5.73 Å². The molecule has 1 atom stereocenters. The van der Waals surface area contributed by atoms with E-state index < -0.39 is 0 Å². The summed E-state index contributed by atoms with van der Waals surface area (Å²) in [5.41, 5.74) is 10.1. The van der Waals surface area contributed by atoms with E-state index in [4.69, 9.17) is 5.73 Å². The van der Waals surface area contributed by atoms with Gasteiger partial charge in [-0.15, -0.1) is 0 Å². The van der Waals surface area contributed by atoms with Crippen molar-refractivity contribution in [3.05, 3.63) is 59.4 Å². The molecule has 2 aromatic rings. The lowest BCUT2D eigenvalue weighted by Gasteiger charge is -2.28. The first-order chi connectivity index (χ1) is 9.54. The van der Waals surface area contributed by atoms with E-state index >= 15 is 0 Å². The summed E-state index contributed by atoms with van der Waals surface area (Å²) < 4.78 is 13.5. The first-order valence-corrected chi connectivity index (χ1v) is 6.92. The lowest BCUT2D eigenvalue weighted by molar-refractivity contribution is 0.622.